The van der Waals surface area contributed by atoms with E-state index >= 15 is 0 Å². The van der Waals surface area contributed by atoms with Gasteiger partial charge in [0.2, 0.25) is 0 Å². The third-order valence-electron chi connectivity index (χ3n) is 4.99. The Balaban J connectivity index is 1.70. The van der Waals surface area contributed by atoms with Crippen LogP contribution in [0.25, 0.3) is 0 Å². The number of nitrogens with zero attached hydrogens (tertiary/aromatic N) is 2. The molecule has 0 unspecified atom stereocenters. The Morgan fingerprint density at radius 2 is 1.90 bits per heavy atom. The van der Waals surface area contributed by atoms with Gasteiger partial charge in [0.1, 0.15) is 5.82 Å². The van der Waals surface area contributed by atoms with Crippen LogP contribution in [0.3, 0.4) is 0 Å². The van der Waals surface area contributed by atoms with Gasteiger partial charge >= 0.3 is 6.03 Å². The van der Waals surface area contributed by atoms with E-state index in [-0.39, 0.29) is 6.03 Å². The Hall–Kier alpha value is -3.29. The quantitative estimate of drug-likeness (QED) is 0.525. The lowest BCUT2D eigenvalue weighted by Gasteiger charge is -2.17. The first-order chi connectivity index (χ1) is 14.4. The number of carbonyl (C=O) groups excluding carboxylic acids is 2. The third kappa shape index (κ3) is 5.85. The Morgan fingerprint density at radius 3 is 2.60 bits per heavy atom. The average molecular weight is 411 g/mol. The highest BCUT2D eigenvalue weighted by Crippen LogP contribution is 2.24. The minimum atomic E-state index is -0.521. The van der Waals surface area contributed by atoms with Crippen LogP contribution < -0.4 is 21.7 Å². The van der Waals surface area contributed by atoms with Crippen LogP contribution in [0.15, 0.2) is 36.5 Å². The van der Waals surface area contributed by atoms with Crippen molar-refractivity contribution in [1.82, 2.24) is 9.88 Å². The smallest absolute Gasteiger partial charge is 0.321 e. The molecule has 8 heteroatoms. The molecule has 8 nitrogen and oxygen atoms in total. The van der Waals surface area contributed by atoms with E-state index in [1.54, 1.807) is 6.07 Å². The zero-order chi connectivity index (χ0) is 21.5. The van der Waals surface area contributed by atoms with Gasteiger partial charge < -0.3 is 26.6 Å². The summed E-state index contributed by atoms with van der Waals surface area (Å²) in [5.74, 6) is 0.607. The molecule has 2 heterocycles. The molecule has 30 heavy (non-hydrogen) atoms. The molecule has 0 spiro atoms. The molecule has 3 amide bonds. The van der Waals surface area contributed by atoms with Crippen molar-refractivity contribution in [3.63, 3.8) is 0 Å². The summed E-state index contributed by atoms with van der Waals surface area (Å²) >= 11 is 0. The lowest BCUT2D eigenvalue weighted by Crippen LogP contribution is -2.32. The van der Waals surface area contributed by atoms with E-state index in [4.69, 9.17) is 5.73 Å². The van der Waals surface area contributed by atoms with E-state index in [9.17, 15) is 9.59 Å². The minimum absolute atomic E-state index is 0.0785. The van der Waals surface area contributed by atoms with Crippen molar-refractivity contribution in [1.29, 1.82) is 0 Å². The first-order valence-corrected chi connectivity index (χ1v) is 10.4. The van der Waals surface area contributed by atoms with Crippen LogP contribution in [0, 0.1) is 5.92 Å². The molecule has 1 aromatic heterocycles. The Kier molecular flexibility index (Phi) is 7.11. The lowest BCUT2D eigenvalue weighted by atomic mass is 10.1. The number of pyridine rings is 1. The van der Waals surface area contributed by atoms with Crippen LogP contribution in [0.2, 0.25) is 0 Å². The number of urea groups is 1. The van der Waals surface area contributed by atoms with Gasteiger partial charge in [-0.2, -0.15) is 0 Å². The number of hydrogen-bond acceptors (Lipinski definition) is 5. The van der Waals surface area contributed by atoms with Gasteiger partial charge in [0, 0.05) is 43.3 Å². The highest BCUT2D eigenvalue weighted by atomic mass is 16.2. The standard InChI is InChI=1S/C22H30N6O2/c1-15(2)8-9-24-19-13-20(25-14-18(19)21(23)29)26-16-6-5-7-17(12-16)27-22(30)28-10-3-4-11-28/h5-7,12-15H,3-4,8-11H2,1-2H3,(H2,23,29)(H,27,30)(H2,24,25,26). The van der Waals surface area contributed by atoms with Crippen molar-refractivity contribution in [3.8, 4) is 0 Å². The van der Waals surface area contributed by atoms with Crippen molar-refractivity contribution >= 4 is 34.8 Å². The molecule has 0 radical (unpaired) electrons. The molecule has 3 rings (SSSR count). The van der Waals surface area contributed by atoms with Gasteiger partial charge in [-0.15, -0.1) is 0 Å². The predicted molar refractivity (Wildman–Crippen MR) is 120 cm³/mol. The normalized spacial score (nSPS) is 13.4. The fraction of sp³-hybridized carbons (Fsp3) is 0.409. The summed E-state index contributed by atoms with van der Waals surface area (Å²) in [6.45, 7) is 6.62. The van der Waals surface area contributed by atoms with E-state index in [1.807, 2.05) is 29.2 Å². The summed E-state index contributed by atoms with van der Waals surface area (Å²) in [4.78, 5) is 30.2. The van der Waals surface area contributed by atoms with Crippen LogP contribution in [-0.2, 0) is 0 Å². The summed E-state index contributed by atoms with van der Waals surface area (Å²) in [5.41, 5.74) is 7.98. The molecule has 1 saturated heterocycles. The molecule has 2 aromatic rings. The molecular weight excluding hydrogens is 380 g/mol. The summed E-state index contributed by atoms with van der Waals surface area (Å²) in [6.07, 6.45) is 4.55. The van der Waals surface area contributed by atoms with E-state index in [0.717, 1.165) is 44.6 Å². The fourth-order valence-corrected chi connectivity index (χ4v) is 3.31. The SMILES string of the molecule is CC(C)CCNc1cc(Nc2cccc(NC(=O)N3CCCC3)c2)ncc1C(N)=O. The van der Waals surface area contributed by atoms with Crippen LogP contribution in [0.5, 0.6) is 0 Å². The zero-order valence-corrected chi connectivity index (χ0v) is 17.6. The number of aromatic nitrogens is 1. The number of carbonyl (C=O) groups is 2. The molecule has 5 N–H and O–H groups in total. The molecule has 1 fully saturated rings. The molecule has 160 valence electrons. The fourth-order valence-electron chi connectivity index (χ4n) is 3.31. The van der Waals surface area contributed by atoms with E-state index in [1.165, 1.54) is 6.20 Å². The Bertz CT molecular complexity index is 893. The number of hydrogen-bond donors (Lipinski definition) is 4. The van der Waals surface area contributed by atoms with Gasteiger partial charge in [0.15, 0.2) is 0 Å². The Morgan fingerprint density at radius 1 is 1.17 bits per heavy atom. The molecule has 0 bridgehead atoms. The summed E-state index contributed by atoms with van der Waals surface area (Å²) < 4.78 is 0. The van der Waals surface area contributed by atoms with Crippen molar-refractivity contribution < 1.29 is 9.59 Å². The highest BCUT2D eigenvalue weighted by Gasteiger charge is 2.17. The maximum Gasteiger partial charge on any atom is 0.321 e. The first kappa shape index (κ1) is 21.4. The second-order valence-electron chi connectivity index (χ2n) is 7.92. The van der Waals surface area contributed by atoms with Crippen molar-refractivity contribution in [2.45, 2.75) is 33.1 Å². The molecule has 0 atom stereocenters. The van der Waals surface area contributed by atoms with E-state index in [2.05, 4.69) is 34.8 Å². The zero-order valence-electron chi connectivity index (χ0n) is 17.6. The van der Waals surface area contributed by atoms with Gasteiger partial charge in [-0.25, -0.2) is 9.78 Å². The third-order valence-corrected chi connectivity index (χ3v) is 4.99. The second-order valence-corrected chi connectivity index (χ2v) is 7.92. The molecule has 0 aliphatic carbocycles. The van der Waals surface area contributed by atoms with Crippen molar-refractivity contribution in [3.05, 3.63) is 42.1 Å². The van der Waals surface area contributed by atoms with Crippen molar-refractivity contribution in [2.75, 3.05) is 35.6 Å². The van der Waals surface area contributed by atoms with Crippen LogP contribution in [0.4, 0.5) is 27.7 Å². The minimum Gasteiger partial charge on any atom is -0.384 e. The number of benzene rings is 1. The molecule has 1 aliphatic rings. The van der Waals surface area contributed by atoms with Crippen LogP contribution in [-0.4, -0.2) is 41.5 Å². The predicted octanol–water partition coefficient (Wildman–Crippen LogP) is 4.01. The van der Waals surface area contributed by atoms with Crippen LogP contribution >= 0.6 is 0 Å². The molecule has 1 aromatic carbocycles. The topological polar surface area (TPSA) is 112 Å². The Labute approximate surface area is 177 Å². The van der Waals surface area contributed by atoms with E-state index in [0.29, 0.717) is 28.7 Å². The molecule has 0 saturated carbocycles. The monoisotopic (exact) mass is 410 g/mol. The van der Waals surface area contributed by atoms with Gasteiger partial charge in [0.25, 0.3) is 5.91 Å². The number of nitrogens with two attached hydrogens (primary N) is 1. The molecular formula is C22H30N6O2. The van der Waals surface area contributed by atoms with E-state index < -0.39 is 5.91 Å². The number of rotatable bonds is 8. The van der Waals surface area contributed by atoms with Gasteiger partial charge in [-0.3, -0.25) is 4.79 Å². The van der Waals surface area contributed by atoms with Gasteiger partial charge in [-0.1, -0.05) is 19.9 Å². The van der Waals surface area contributed by atoms with Gasteiger partial charge in [0.05, 0.1) is 11.3 Å². The second kappa shape index (κ2) is 9.96. The maximum absolute atomic E-state index is 12.3. The number of likely N-dealkylation sites (tertiary alicyclic amines) is 1. The largest absolute Gasteiger partial charge is 0.384 e. The number of anilines is 4. The summed E-state index contributed by atoms with van der Waals surface area (Å²) in [5, 5.41) is 9.44. The number of amides is 3. The van der Waals surface area contributed by atoms with Crippen LogP contribution in [0.1, 0.15) is 43.5 Å². The first-order valence-electron chi connectivity index (χ1n) is 10.4. The van der Waals surface area contributed by atoms with Crippen molar-refractivity contribution in [2.24, 2.45) is 11.7 Å². The number of primary amides is 1. The van der Waals surface area contributed by atoms with Gasteiger partial charge in [-0.05, 0) is 43.4 Å². The number of nitrogens with one attached hydrogen (secondary N) is 3. The highest BCUT2D eigenvalue weighted by molar-refractivity contribution is 5.98. The molecule has 1 aliphatic heterocycles. The maximum atomic E-state index is 12.3. The average Bonchev–Trinajstić information content (AvgIpc) is 3.23. The summed E-state index contributed by atoms with van der Waals surface area (Å²) in [6, 6.07) is 9.15. The summed E-state index contributed by atoms with van der Waals surface area (Å²) in [7, 11) is 0. The lowest BCUT2D eigenvalue weighted by molar-refractivity contribution is 0.100.